The molecule has 0 unspecified atom stereocenters. The van der Waals surface area contributed by atoms with Crippen molar-refractivity contribution in [1.82, 2.24) is 5.32 Å². The molecular weight excluding hydrogens is 386 g/mol. The zero-order valence-electron chi connectivity index (χ0n) is 20.2. The summed E-state index contributed by atoms with van der Waals surface area (Å²) in [6.07, 6.45) is 0.417. The topological polar surface area (TPSA) is 76.4 Å². The van der Waals surface area contributed by atoms with Crippen molar-refractivity contribution in [2.45, 2.75) is 53.5 Å². The van der Waals surface area contributed by atoms with Crippen molar-refractivity contribution in [3.05, 3.63) is 47.5 Å². The Hall–Kier alpha value is -2.84. The predicted octanol–water partition coefficient (Wildman–Crippen LogP) is 5.14. The molecule has 2 N–H and O–H groups in total. The largest absolute Gasteiger partial charge is 0.396 e. The van der Waals surface area contributed by atoms with Crippen molar-refractivity contribution in [1.29, 1.82) is 5.26 Å². The molecule has 0 radical (unpaired) electrons. The third-order valence-corrected chi connectivity index (χ3v) is 4.68. The molecule has 5 heteroatoms. The van der Waals surface area contributed by atoms with Gasteiger partial charge in [0, 0.05) is 31.9 Å². The summed E-state index contributed by atoms with van der Waals surface area (Å²) in [6, 6.07) is 14.2. The number of nitrogens with one attached hydrogen (secondary N) is 1. The van der Waals surface area contributed by atoms with E-state index in [1.54, 1.807) is 6.92 Å². The average Bonchev–Trinajstić information content (AvgIpc) is 2.66. The molecule has 2 aromatic rings. The quantitative estimate of drug-likeness (QED) is 0.498. The summed E-state index contributed by atoms with van der Waals surface area (Å²) in [7, 11) is 4.00. The molecule has 31 heavy (non-hydrogen) atoms. The lowest BCUT2D eigenvalue weighted by Crippen LogP contribution is -2.44. The van der Waals surface area contributed by atoms with Gasteiger partial charge in [0.1, 0.15) is 11.6 Å². The van der Waals surface area contributed by atoms with Gasteiger partial charge in [0.25, 0.3) is 5.91 Å². The minimum absolute atomic E-state index is 0.0303. The number of anilines is 1. The van der Waals surface area contributed by atoms with Crippen LogP contribution in [0, 0.1) is 17.2 Å². The normalized spacial score (nSPS) is 11.9. The Kier molecular flexibility index (Phi) is 9.74. The Labute approximate surface area is 187 Å². The van der Waals surface area contributed by atoms with Crippen LogP contribution in [-0.4, -0.2) is 37.3 Å². The smallest absolute Gasteiger partial charge is 0.262 e. The van der Waals surface area contributed by atoms with Crippen molar-refractivity contribution >= 4 is 27.9 Å². The number of rotatable bonds is 6. The summed E-state index contributed by atoms with van der Waals surface area (Å²) >= 11 is 0. The second kappa shape index (κ2) is 11.5. The molecule has 0 fully saturated rings. The number of nitrogens with zero attached hydrogens (tertiary/aromatic N) is 2. The van der Waals surface area contributed by atoms with Crippen LogP contribution in [-0.2, 0) is 4.79 Å². The fraction of sp³-hybridized carbons (Fsp3) is 0.462. The van der Waals surface area contributed by atoms with E-state index in [1.807, 2.05) is 69.2 Å². The average molecular weight is 424 g/mol. The summed E-state index contributed by atoms with van der Waals surface area (Å²) in [5, 5.41) is 23.6. The number of aliphatic hydroxyl groups is 1. The SMILES string of the molecule is C/C(=C(/C#N)C(=O)NC(C)(C)CCO)c1ccc2cc(N(C)C)ccc2c1.CC(C)C. The van der Waals surface area contributed by atoms with Crippen LogP contribution < -0.4 is 10.2 Å². The molecule has 0 aliphatic carbocycles. The molecule has 0 atom stereocenters. The van der Waals surface area contributed by atoms with Crippen LogP contribution in [0.2, 0.25) is 0 Å². The van der Waals surface area contributed by atoms with Gasteiger partial charge in [-0.2, -0.15) is 5.26 Å². The Bertz CT molecular complexity index is 964. The number of hydrogen-bond acceptors (Lipinski definition) is 4. The lowest BCUT2D eigenvalue weighted by Gasteiger charge is -2.25. The molecular formula is C26H37N3O2. The van der Waals surface area contributed by atoms with Gasteiger partial charge in [-0.05, 0) is 73.2 Å². The van der Waals surface area contributed by atoms with E-state index < -0.39 is 11.4 Å². The summed E-state index contributed by atoms with van der Waals surface area (Å²) in [6.45, 7) is 11.9. The highest BCUT2D eigenvalue weighted by Gasteiger charge is 2.23. The fourth-order valence-electron chi connectivity index (χ4n) is 2.91. The molecule has 0 aliphatic rings. The highest BCUT2D eigenvalue weighted by Crippen LogP contribution is 2.26. The van der Waals surface area contributed by atoms with Gasteiger partial charge in [0.2, 0.25) is 0 Å². The summed E-state index contributed by atoms with van der Waals surface area (Å²) in [5.41, 5.74) is 2.09. The van der Waals surface area contributed by atoms with E-state index in [0.29, 0.717) is 12.0 Å². The van der Waals surface area contributed by atoms with Crippen molar-refractivity contribution < 1.29 is 9.90 Å². The van der Waals surface area contributed by atoms with Crippen molar-refractivity contribution in [3.63, 3.8) is 0 Å². The van der Waals surface area contributed by atoms with Crippen LogP contribution in [0.15, 0.2) is 42.0 Å². The number of nitriles is 1. The van der Waals surface area contributed by atoms with Crippen molar-refractivity contribution in [2.75, 3.05) is 25.6 Å². The zero-order valence-corrected chi connectivity index (χ0v) is 20.2. The van der Waals surface area contributed by atoms with Gasteiger partial charge in [0.15, 0.2) is 0 Å². The lowest BCUT2D eigenvalue weighted by molar-refractivity contribution is -0.118. The van der Waals surface area contributed by atoms with Crippen molar-refractivity contribution in [3.8, 4) is 6.07 Å². The van der Waals surface area contributed by atoms with Gasteiger partial charge >= 0.3 is 0 Å². The van der Waals surface area contributed by atoms with Crippen LogP contribution in [0.5, 0.6) is 0 Å². The fourth-order valence-corrected chi connectivity index (χ4v) is 2.91. The monoisotopic (exact) mass is 423 g/mol. The number of hydrogen-bond donors (Lipinski definition) is 2. The van der Waals surface area contributed by atoms with Crippen LogP contribution in [0.4, 0.5) is 5.69 Å². The lowest BCUT2D eigenvalue weighted by atomic mass is 9.96. The van der Waals surface area contributed by atoms with Gasteiger partial charge in [-0.25, -0.2) is 0 Å². The van der Waals surface area contributed by atoms with E-state index in [-0.39, 0.29) is 12.2 Å². The molecule has 0 heterocycles. The summed E-state index contributed by atoms with van der Waals surface area (Å²) in [4.78, 5) is 14.6. The number of carbonyl (C=O) groups excluding carboxylic acids is 1. The Balaban J connectivity index is 0.00000110. The predicted molar refractivity (Wildman–Crippen MR) is 131 cm³/mol. The minimum atomic E-state index is -0.583. The van der Waals surface area contributed by atoms with E-state index in [1.165, 1.54) is 0 Å². The van der Waals surface area contributed by atoms with Gasteiger partial charge in [-0.3, -0.25) is 4.79 Å². The van der Waals surface area contributed by atoms with Crippen molar-refractivity contribution in [2.24, 2.45) is 5.92 Å². The molecule has 2 aromatic carbocycles. The molecule has 0 aliphatic heterocycles. The molecule has 0 saturated heterocycles. The van der Waals surface area contributed by atoms with E-state index in [0.717, 1.165) is 27.9 Å². The molecule has 0 aromatic heterocycles. The van der Waals surface area contributed by atoms with Gasteiger partial charge in [-0.15, -0.1) is 0 Å². The standard InChI is InChI=1S/C22H27N3O2.C4H10/c1-15(20(14-23)21(27)24-22(2,3)10-11-26)16-6-7-18-13-19(25(4)5)9-8-17(18)12-16;1-4(2)3/h6-9,12-13,26H,10-11H2,1-5H3,(H,24,27);4H,1-3H3/b20-15+;. The van der Waals surface area contributed by atoms with E-state index in [9.17, 15) is 10.1 Å². The van der Waals surface area contributed by atoms with Gasteiger partial charge < -0.3 is 15.3 Å². The highest BCUT2D eigenvalue weighted by atomic mass is 16.3. The first-order valence-corrected chi connectivity index (χ1v) is 10.7. The second-order valence-electron chi connectivity index (χ2n) is 9.30. The highest BCUT2D eigenvalue weighted by molar-refractivity contribution is 6.05. The molecule has 5 nitrogen and oxygen atoms in total. The molecule has 0 saturated carbocycles. The third kappa shape index (κ3) is 8.07. The first-order valence-electron chi connectivity index (χ1n) is 10.7. The summed E-state index contributed by atoms with van der Waals surface area (Å²) in [5.74, 6) is 0.413. The van der Waals surface area contributed by atoms with Gasteiger partial charge in [-0.1, -0.05) is 39.0 Å². The summed E-state index contributed by atoms with van der Waals surface area (Å²) < 4.78 is 0. The number of allylic oxidation sites excluding steroid dienone is 1. The maximum Gasteiger partial charge on any atom is 0.262 e. The zero-order chi connectivity index (χ0) is 23.8. The van der Waals surface area contributed by atoms with Gasteiger partial charge in [0.05, 0.1) is 0 Å². The Morgan fingerprint density at radius 1 is 1.13 bits per heavy atom. The molecule has 0 spiro atoms. The van der Waals surface area contributed by atoms with E-state index in [2.05, 4.69) is 32.2 Å². The first-order chi connectivity index (χ1) is 14.4. The molecule has 2 rings (SSSR count). The first kappa shape index (κ1) is 26.2. The van der Waals surface area contributed by atoms with E-state index in [4.69, 9.17) is 5.11 Å². The minimum Gasteiger partial charge on any atom is -0.396 e. The maximum absolute atomic E-state index is 12.6. The number of benzene rings is 2. The molecule has 1 amide bonds. The van der Waals surface area contributed by atoms with Crippen LogP contribution in [0.3, 0.4) is 0 Å². The maximum atomic E-state index is 12.6. The van der Waals surface area contributed by atoms with Crippen LogP contribution in [0.1, 0.15) is 53.5 Å². The number of carbonyl (C=O) groups is 1. The second-order valence-corrected chi connectivity index (χ2v) is 9.30. The number of fused-ring (bicyclic) bond motifs is 1. The number of aliphatic hydroxyl groups excluding tert-OH is 1. The van der Waals surface area contributed by atoms with Crippen LogP contribution in [0.25, 0.3) is 16.3 Å². The molecule has 0 bridgehead atoms. The Morgan fingerprint density at radius 2 is 1.68 bits per heavy atom. The number of amides is 1. The Morgan fingerprint density at radius 3 is 2.19 bits per heavy atom. The third-order valence-electron chi connectivity index (χ3n) is 4.68. The van der Waals surface area contributed by atoms with E-state index >= 15 is 0 Å². The molecule has 168 valence electrons. The van der Waals surface area contributed by atoms with Crippen LogP contribution >= 0.6 is 0 Å².